The Kier molecular flexibility index (Phi) is 5.90. The Hall–Kier alpha value is -2.30. The number of carbonyl (C=O) groups excluding carboxylic acids is 2. The molecule has 30 heavy (non-hydrogen) atoms. The summed E-state index contributed by atoms with van der Waals surface area (Å²) in [5, 5.41) is 4.40. The van der Waals surface area contributed by atoms with Crippen molar-refractivity contribution in [3.63, 3.8) is 0 Å². The van der Waals surface area contributed by atoms with Gasteiger partial charge in [0.15, 0.2) is 0 Å². The van der Waals surface area contributed by atoms with Crippen molar-refractivity contribution in [3.8, 4) is 0 Å². The van der Waals surface area contributed by atoms with Gasteiger partial charge < -0.3 is 14.8 Å². The van der Waals surface area contributed by atoms with E-state index in [1.54, 1.807) is 0 Å². The van der Waals surface area contributed by atoms with E-state index >= 15 is 0 Å². The van der Waals surface area contributed by atoms with Crippen molar-refractivity contribution in [2.75, 3.05) is 0 Å². The highest BCUT2D eigenvalue weighted by molar-refractivity contribution is 6.03. The van der Waals surface area contributed by atoms with Gasteiger partial charge in [-0.15, -0.1) is 0 Å². The monoisotopic (exact) mass is 409 g/mol. The molecule has 1 aliphatic carbocycles. The van der Waals surface area contributed by atoms with Gasteiger partial charge in [0.05, 0.1) is 6.54 Å². The van der Waals surface area contributed by atoms with Crippen LogP contribution in [0.15, 0.2) is 30.3 Å². The number of fused-ring (bicyclic) bond motifs is 3. The lowest BCUT2D eigenvalue weighted by atomic mass is 9.90. The van der Waals surface area contributed by atoms with E-state index in [0.717, 1.165) is 30.2 Å². The highest BCUT2D eigenvalue weighted by atomic mass is 16.2. The third kappa shape index (κ3) is 3.63. The van der Waals surface area contributed by atoms with Crippen LogP contribution in [0.4, 0.5) is 0 Å². The Balaban J connectivity index is 1.69. The Labute approximate surface area is 179 Å². The number of para-hydroxylation sites is 1. The number of amides is 2. The summed E-state index contributed by atoms with van der Waals surface area (Å²) >= 11 is 0. The number of carbonyl (C=O) groups is 2. The maximum absolute atomic E-state index is 13.7. The fourth-order valence-corrected chi connectivity index (χ4v) is 5.28. The molecule has 0 radical (unpaired) electrons. The Morgan fingerprint density at radius 2 is 1.83 bits per heavy atom. The molecule has 1 aromatic carbocycles. The lowest BCUT2D eigenvalue weighted by Crippen LogP contribution is -2.66. The Bertz CT molecular complexity index is 926. The van der Waals surface area contributed by atoms with E-state index in [9.17, 15) is 9.59 Å². The van der Waals surface area contributed by atoms with E-state index in [1.165, 1.54) is 32.1 Å². The molecule has 2 atom stereocenters. The SMILES string of the molecule is CCC(C)N1C(=O)c2cc3ccccc3n2CC1(C)C(=O)NC1CCCCCCC1. The van der Waals surface area contributed by atoms with Gasteiger partial charge >= 0.3 is 0 Å². The zero-order chi connectivity index (χ0) is 21.3. The molecular weight excluding hydrogens is 374 g/mol. The van der Waals surface area contributed by atoms with Crippen molar-refractivity contribution in [1.82, 2.24) is 14.8 Å². The van der Waals surface area contributed by atoms with E-state index in [0.29, 0.717) is 12.2 Å². The second-order valence-corrected chi connectivity index (χ2v) is 9.40. The fraction of sp³-hybridized carbons (Fsp3) is 0.600. The number of rotatable bonds is 4. The standard InChI is InChI=1S/C25H35N3O2/c1-4-18(2)28-23(29)22-16-19-12-10-11-15-21(19)27(22)17-25(28,3)24(30)26-20-13-8-6-5-7-9-14-20/h10-12,15-16,18,20H,4-9,13-14,17H2,1-3H3,(H,26,30). The van der Waals surface area contributed by atoms with Crippen LogP contribution in [0.5, 0.6) is 0 Å². The third-order valence-electron chi connectivity index (χ3n) is 7.21. The second kappa shape index (κ2) is 8.44. The molecule has 2 amide bonds. The minimum Gasteiger partial charge on any atom is -0.351 e. The quantitative estimate of drug-likeness (QED) is 0.782. The summed E-state index contributed by atoms with van der Waals surface area (Å²) < 4.78 is 2.05. The first kappa shape index (κ1) is 21.0. The second-order valence-electron chi connectivity index (χ2n) is 9.40. The molecule has 1 N–H and O–H groups in total. The average molecular weight is 410 g/mol. The molecule has 0 bridgehead atoms. The van der Waals surface area contributed by atoms with Crippen LogP contribution in [0.3, 0.4) is 0 Å². The largest absolute Gasteiger partial charge is 0.351 e. The summed E-state index contributed by atoms with van der Waals surface area (Å²) in [6.07, 6.45) is 9.04. The van der Waals surface area contributed by atoms with Gasteiger partial charge in [-0.25, -0.2) is 0 Å². The summed E-state index contributed by atoms with van der Waals surface area (Å²) in [4.78, 5) is 29.2. The van der Waals surface area contributed by atoms with E-state index in [-0.39, 0.29) is 23.9 Å². The maximum Gasteiger partial charge on any atom is 0.271 e. The van der Waals surface area contributed by atoms with Gasteiger partial charge in [-0.2, -0.15) is 0 Å². The number of hydrogen-bond donors (Lipinski definition) is 1. The molecule has 0 saturated heterocycles. The molecule has 5 heteroatoms. The summed E-state index contributed by atoms with van der Waals surface area (Å²) in [6.45, 7) is 6.57. The van der Waals surface area contributed by atoms with Crippen LogP contribution in [0.25, 0.3) is 10.9 Å². The van der Waals surface area contributed by atoms with Crippen LogP contribution in [0.1, 0.15) is 82.6 Å². The predicted molar refractivity (Wildman–Crippen MR) is 121 cm³/mol. The van der Waals surface area contributed by atoms with Crippen molar-refractivity contribution in [2.45, 2.75) is 96.3 Å². The first-order valence-electron chi connectivity index (χ1n) is 11.7. The summed E-state index contributed by atoms with van der Waals surface area (Å²) in [5.41, 5.74) is 0.811. The third-order valence-corrected chi connectivity index (χ3v) is 7.21. The molecule has 1 aliphatic heterocycles. The normalized spacial score (nSPS) is 24.2. The smallest absolute Gasteiger partial charge is 0.271 e. The fourth-order valence-electron chi connectivity index (χ4n) is 5.28. The topological polar surface area (TPSA) is 54.3 Å². The van der Waals surface area contributed by atoms with Gasteiger partial charge in [0.2, 0.25) is 5.91 Å². The number of benzene rings is 1. The number of nitrogens with one attached hydrogen (secondary N) is 1. The summed E-state index contributed by atoms with van der Waals surface area (Å²) in [5.74, 6) is -0.0488. The van der Waals surface area contributed by atoms with E-state index in [2.05, 4.69) is 19.2 Å². The molecule has 5 nitrogen and oxygen atoms in total. The van der Waals surface area contributed by atoms with Crippen LogP contribution in [0, 0.1) is 0 Å². The molecule has 2 aromatic rings. The minimum atomic E-state index is -0.899. The highest BCUT2D eigenvalue weighted by Crippen LogP contribution is 2.34. The minimum absolute atomic E-state index is 0.00246. The Morgan fingerprint density at radius 1 is 1.17 bits per heavy atom. The molecule has 2 heterocycles. The van der Waals surface area contributed by atoms with Gasteiger partial charge in [0.1, 0.15) is 11.2 Å². The Morgan fingerprint density at radius 3 is 2.53 bits per heavy atom. The lowest BCUT2D eigenvalue weighted by Gasteiger charge is -2.47. The van der Waals surface area contributed by atoms with Gasteiger partial charge in [-0.3, -0.25) is 9.59 Å². The van der Waals surface area contributed by atoms with Crippen LogP contribution in [0.2, 0.25) is 0 Å². The highest BCUT2D eigenvalue weighted by Gasteiger charge is 2.49. The molecule has 2 unspecified atom stereocenters. The molecule has 0 spiro atoms. The van der Waals surface area contributed by atoms with Gasteiger partial charge in [0.25, 0.3) is 5.91 Å². The summed E-state index contributed by atoms with van der Waals surface area (Å²) in [6, 6.07) is 10.2. The molecule has 1 aromatic heterocycles. The van der Waals surface area contributed by atoms with E-state index in [4.69, 9.17) is 0 Å². The van der Waals surface area contributed by atoms with Crippen molar-refractivity contribution < 1.29 is 9.59 Å². The van der Waals surface area contributed by atoms with Crippen LogP contribution >= 0.6 is 0 Å². The van der Waals surface area contributed by atoms with Gasteiger partial charge in [-0.05, 0) is 45.2 Å². The number of aromatic nitrogens is 1. The summed E-state index contributed by atoms with van der Waals surface area (Å²) in [7, 11) is 0. The number of hydrogen-bond acceptors (Lipinski definition) is 2. The van der Waals surface area contributed by atoms with Crippen molar-refractivity contribution in [3.05, 3.63) is 36.0 Å². The number of nitrogens with zero attached hydrogens (tertiary/aromatic N) is 2. The first-order valence-corrected chi connectivity index (χ1v) is 11.7. The van der Waals surface area contributed by atoms with Crippen molar-refractivity contribution in [2.24, 2.45) is 0 Å². The van der Waals surface area contributed by atoms with Gasteiger partial charge in [-0.1, -0.05) is 57.2 Å². The molecule has 1 fully saturated rings. The lowest BCUT2D eigenvalue weighted by molar-refractivity contribution is -0.135. The maximum atomic E-state index is 13.7. The van der Waals surface area contributed by atoms with E-state index in [1.807, 2.05) is 46.7 Å². The van der Waals surface area contributed by atoms with Gasteiger partial charge in [0, 0.05) is 23.0 Å². The molecule has 2 aliphatic rings. The molecule has 1 saturated carbocycles. The van der Waals surface area contributed by atoms with Crippen LogP contribution in [-0.4, -0.2) is 38.9 Å². The molecular formula is C25H35N3O2. The van der Waals surface area contributed by atoms with Crippen LogP contribution < -0.4 is 5.32 Å². The molecule has 162 valence electrons. The first-order chi connectivity index (χ1) is 14.5. The van der Waals surface area contributed by atoms with Crippen molar-refractivity contribution in [1.29, 1.82) is 0 Å². The molecule has 4 rings (SSSR count). The predicted octanol–water partition coefficient (Wildman–Crippen LogP) is 4.88. The van der Waals surface area contributed by atoms with E-state index < -0.39 is 5.54 Å². The van der Waals surface area contributed by atoms with Crippen LogP contribution in [-0.2, 0) is 11.3 Å². The zero-order valence-corrected chi connectivity index (χ0v) is 18.6. The average Bonchev–Trinajstić information content (AvgIpc) is 3.08. The zero-order valence-electron chi connectivity index (χ0n) is 18.6. The van der Waals surface area contributed by atoms with Crippen molar-refractivity contribution >= 4 is 22.7 Å².